The number of anilines is 1. The number of nitrogens with zero attached hydrogens (tertiary/aromatic N) is 1. The van der Waals surface area contributed by atoms with E-state index in [1.807, 2.05) is 0 Å². The summed E-state index contributed by atoms with van der Waals surface area (Å²) in [7, 11) is 0. The smallest absolute Gasteiger partial charge is 0.407 e. The van der Waals surface area contributed by atoms with Gasteiger partial charge in [-0.1, -0.05) is 11.6 Å². The van der Waals surface area contributed by atoms with E-state index >= 15 is 0 Å². The number of hydrogen-bond acceptors (Lipinski definition) is 5. The molecule has 1 atom stereocenters. The van der Waals surface area contributed by atoms with Gasteiger partial charge in [-0.05, 0) is 27.7 Å². The maximum absolute atomic E-state index is 11.5. The molecule has 0 saturated carbocycles. The van der Waals surface area contributed by atoms with Gasteiger partial charge in [0.2, 0.25) is 5.88 Å². The fraction of sp³-hybridized carbons (Fsp3) is 0.538. The maximum Gasteiger partial charge on any atom is 0.407 e. The molecule has 0 aliphatic heterocycles. The van der Waals surface area contributed by atoms with Gasteiger partial charge in [0, 0.05) is 6.07 Å². The van der Waals surface area contributed by atoms with Crippen LogP contribution in [-0.2, 0) is 4.74 Å². The molecule has 0 fully saturated rings. The van der Waals surface area contributed by atoms with Crippen LogP contribution in [0.15, 0.2) is 12.3 Å². The molecule has 0 aromatic carbocycles. The standard InChI is InChI=1S/C13H20ClN3O3/c1-8(17-12(18)20-13(2,3)4)7-19-11-5-9(14)10(15)6-16-11/h5-6,8H,7,15H2,1-4H3,(H,17,18)/t8-/m0/s1. The molecule has 0 bridgehead atoms. The topological polar surface area (TPSA) is 86.5 Å². The van der Waals surface area contributed by atoms with Crippen LogP contribution in [0.1, 0.15) is 27.7 Å². The average molecular weight is 302 g/mol. The normalized spacial score (nSPS) is 12.7. The van der Waals surface area contributed by atoms with Gasteiger partial charge in [-0.15, -0.1) is 0 Å². The van der Waals surface area contributed by atoms with Crippen LogP contribution in [0.3, 0.4) is 0 Å². The van der Waals surface area contributed by atoms with Crippen LogP contribution in [0.5, 0.6) is 5.88 Å². The van der Waals surface area contributed by atoms with E-state index in [9.17, 15) is 4.79 Å². The Labute approximate surface area is 123 Å². The minimum atomic E-state index is -0.531. The number of pyridine rings is 1. The van der Waals surface area contributed by atoms with Crippen molar-refractivity contribution in [3.05, 3.63) is 17.3 Å². The van der Waals surface area contributed by atoms with E-state index in [2.05, 4.69) is 10.3 Å². The highest BCUT2D eigenvalue weighted by Crippen LogP contribution is 2.21. The molecule has 1 aromatic heterocycles. The molecule has 20 heavy (non-hydrogen) atoms. The molecule has 0 radical (unpaired) electrons. The SMILES string of the molecule is C[C@@H](COc1cc(Cl)c(N)cn1)NC(=O)OC(C)(C)C. The summed E-state index contributed by atoms with van der Waals surface area (Å²) in [5.74, 6) is 0.349. The molecule has 112 valence electrons. The molecule has 0 aliphatic rings. The third-order valence-electron chi connectivity index (χ3n) is 2.10. The van der Waals surface area contributed by atoms with E-state index in [0.717, 1.165) is 0 Å². The number of nitrogens with one attached hydrogen (secondary N) is 1. The van der Waals surface area contributed by atoms with E-state index in [0.29, 0.717) is 16.6 Å². The zero-order valence-electron chi connectivity index (χ0n) is 12.1. The third-order valence-corrected chi connectivity index (χ3v) is 2.43. The number of nitrogen functional groups attached to an aromatic ring is 1. The van der Waals surface area contributed by atoms with Gasteiger partial charge in [0.15, 0.2) is 0 Å². The Balaban J connectivity index is 2.41. The average Bonchev–Trinajstić information content (AvgIpc) is 2.28. The molecule has 0 saturated heterocycles. The van der Waals surface area contributed by atoms with E-state index in [1.54, 1.807) is 27.7 Å². The lowest BCUT2D eigenvalue weighted by Crippen LogP contribution is -2.40. The first kappa shape index (κ1) is 16.4. The number of nitrogens with two attached hydrogens (primary N) is 1. The molecule has 1 amide bonds. The van der Waals surface area contributed by atoms with E-state index in [4.69, 9.17) is 26.8 Å². The molecule has 1 aromatic rings. The van der Waals surface area contributed by atoms with Crippen LogP contribution in [0.2, 0.25) is 5.02 Å². The minimum Gasteiger partial charge on any atom is -0.475 e. The van der Waals surface area contributed by atoms with Crippen molar-refractivity contribution in [2.24, 2.45) is 0 Å². The van der Waals surface area contributed by atoms with Gasteiger partial charge in [0.1, 0.15) is 12.2 Å². The minimum absolute atomic E-state index is 0.233. The molecule has 7 heteroatoms. The van der Waals surface area contributed by atoms with Crippen molar-refractivity contribution in [1.29, 1.82) is 0 Å². The second-order valence-electron chi connectivity index (χ2n) is 5.40. The number of aromatic nitrogens is 1. The Morgan fingerprint density at radius 3 is 2.75 bits per heavy atom. The lowest BCUT2D eigenvalue weighted by molar-refractivity contribution is 0.0493. The first-order valence-electron chi connectivity index (χ1n) is 6.20. The number of carbonyl (C=O) groups is 1. The largest absolute Gasteiger partial charge is 0.475 e. The van der Waals surface area contributed by atoms with E-state index in [-0.39, 0.29) is 12.6 Å². The highest BCUT2D eigenvalue weighted by molar-refractivity contribution is 6.33. The number of halogens is 1. The first-order valence-corrected chi connectivity index (χ1v) is 6.58. The van der Waals surface area contributed by atoms with Gasteiger partial charge >= 0.3 is 6.09 Å². The number of hydrogen-bond donors (Lipinski definition) is 2. The monoisotopic (exact) mass is 301 g/mol. The Bertz CT molecular complexity index is 474. The summed E-state index contributed by atoms with van der Waals surface area (Å²) in [6.07, 6.45) is 0.931. The molecular formula is C13H20ClN3O3. The zero-order valence-corrected chi connectivity index (χ0v) is 12.8. The highest BCUT2D eigenvalue weighted by atomic mass is 35.5. The number of alkyl carbamates (subject to hydrolysis) is 1. The third kappa shape index (κ3) is 5.97. The van der Waals surface area contributed by atoms with Crippen LogP contribution in [-0.4, -0.2) is 29.3 Å². The van der Waals surface area contributed by atoms with E-state index < -0.39 is 11.7 Å². The first-order chi connectivity index (χ1) is 9.17. The van der Waals surface area contributed by atoms with Crippen LogP contribution in [0.25, 0.3) is 0 Å². The fourth-order valence-electron chi connectivity index (χ4n) is 1.26. The van der Waals surface area contributed by atoms with Crippen molar-refractivity contribution in [1.82, 2.24) is 10.3 Å². The van der Waals surface area contributed by atoms with Crippen molar-refractivity contribution in [3.8, 4) is 5.88 Å². The predicted molar refractivity (Wildman–Crippen MR) is 78.0 cm³/mol. The summed E-state index contributed by atoms with van der Waals surface area (Å²) in [5, 5.41) is 3.04. The van der Waals surface area contributed by atoms with Gasteiger partial charge in [0.05, 0.1) is 22.9 Å². The molecule has 0 aliphatic carbocycles. The van der Waals surface area contributed by atoms with E-state index in [1.165, 1.54) is 12.3 Å². The molecule has 1 rings (SSSR count). The predicted octanol–water partition coefficient (Wildman–Crippen LogP) is 2.61. The second-order valence-corrected chi connectivity index (χ2v) is 5.81. The summed E-state index contributed by atoms with van der Waals surface area (Å²) in [6, 6.07) is 1.29. The molecule has 0 spiro atoms. The van der Waals surface area contributed by atoms with Crippen LogP contribution >= 0.6 is 11.6 Å². The van der Waals surface area contributed by atoms with Crippen molar-refractivity contribution in [3.63, 3.8) is 0 Å². The molecule has 0 unspecified atom stereocenters. The van der Waals surface area contributed by atoms with Crippen molar-refractivity contribution in [2.45, 2.75) is 39.3 Å². The Morgan fingerprint density at radius 2 is 2.20 bits per heavy atom. The lowest BCUT2D eigenvalue weighted by atomic mass is 10.2. The number of amides is 1. The summed E-state index contributed by atoms with van der Waals surface area (Å²) >= 11 is 5.85. The molecule has 1 heterocycles. The molecular weight excluding hydrogens is 282 g/mol. The highest BCUT2D eigenvalue weighted by Gasteiger charge is 2.17. The summed E-state index contributed by atoms with van der Waals surface area (Å²) in [4.78, 5) is 15.5. The molecule has 6 nitrogen and oxygen atoms in total. The maximum atomic E-state index is 11.5. The lowest BCUT2D eigenvalue weighted by Gasteiger charge is -2.22. The van der Waals surface area contributed by atoms with Crippen LogP contribution < -0.4 is 15.8 Å². The van der Waals surface area contributed by atoms with Gasteiger partial charge in [-0.25, -0.2) is 9.78 Å². The summed E-state index contributed by atoms with van der Waals surface area (Å²) in [6.45, 7) is 7.44. The van der Waals surface area contributed by atoms with Gasteiger partial charge < -0.3 is 20.5 Å². The summed E-state index contributed by atoms with van der Waals surface area (Å²) in [5.41, 5.74) is 5.40. The summed E-state index contributed by atoms with van der Waals surface area (Å²) < 4.78 is 10.5. The number of carbonyl (C=O) groups excluding carboxylic acids is 1. The number of rotatable bonds is 4. The van der Waals surface area contributed by atoms with Gasteiger partial charge in [0.25, 0.3) is 0 Å². The van der Waals surface area contributed by atoms with Crippen LogP contribution in [0.4, 0.5) is 10.5 Å². The zero-order chi connectivity index (χ0) is 15.3. The van der Waals surface area contributed by atoms with Gasteiger partial charge in [-0.2, -0.15) is 0 Å². The van der Waals surface area contributed by atoms with Gasteiger partial charge in [-0.3, -0.25) is 0 Å². The molecule has 3 N–H and O–H groups in total. The van der Waals surface area contributed by atoms with Crippen molar-refractivity contribution >= 4 is 23.4 Å². The number of ether oxygens (including phenoxy) is 2. The quantitative estimate of drug-likeness (QED) is 0.892. The van der Waals surface area contributed by atoms with Crippen molar-refractivity contribution < 1.29 is 14.3 Å². The fourth-order valence-corrected chi connectivity index (χ4v) is 1.41. The Hall–Kier alpha value is -1.69. The Kier molecular flexibility index (Phi) is 5.44. The second kappa shape index (κ2) is 6.65. The van der Waals surface area contributed by atoms with Crippen molar-refractivity contribution in [2.75, 3.05) is 12.3 Å². The Morgan fingerprint density at radius 1 is 1.55 bits per heavy atom. The van der Waals surface area contributed by atoms with Crippen LogP contribution in [0, 0.1) is 0 Å².